The molecule has 4 rings (SSSR count). The minimum atomic E-state index is -0.0962. The molecule has 1 aliphatic heterocycles. The van der Waals surface area contributed by atoms with Crippen molar-refractivity contribution in [1.82, 2.24) is 0 Å². The number of amides is 1. The summed E-state index contributed by atoms with van der Waals surface area (Å²) < 4.78 is 0. The standard InChI is InChI=1S/C23H21N3O/c24-13-12-16-6-8-17(9-7-16)19-10-11-21-20(14-19)23(25-15-22(27)26-21)18-4-2-1-3-5-18/h1-11,14H,12-13,15,24H2,(H,26,27). The summed E-state index contributed by atoms with van der Waals surface area (Å²) in [6.45, 7) is 0.775. The number of nitrogens with zero attached hydrogens (tertiary/aromatic N) is 1. The van der Waals surface area contributed by atoms with Crippen LogP contribution in [0.5, 0.6) is 0 Å². The summed E-state index contributed by atoms with van der Waals surface area (Å²) in [5.41, 5.74) is 12.7. The highest BCUT2D eigenvalue weighted by Gasteiger charge is 2.18. The third-order valence-electron chi connectivity index (χ3n) is 4.70. The number of hydrogen-bond acceptors (Lipinski definition) is 3. The fourth-order valence-corrected chi connectivity index (χ4v) is 3.33. The van der Waals surface area contributed by atoms with Crippen molar-refractivity contribution in [3.63, 3.8) is 0 Å². The minimum Gasteiger partial charge on any atom is -0.330 e. The van der Waals surface area contributed by atoms with Crippen LogP contribution < -0.4 is 11.1 Å². The third-order valence-corrected chi connectivity index (χ3v) is 4.70. The molecule has 4 heteroatoms. The van der Waals surface area contributed by atoms with Crippen molar-refractivity contribution >= 4 is 17.3 Å². The van der Waals surface area contributed by atoms with Crippen LogP contribution in [0.25, 0.3) is 11.1 Å². The lowest BCUT2D eigenvalue weighted by molar-refractivity contribution is -0.114. The molecule has 1 aliphatic rings. The van der Waals surface area contributed by atoms with E-state index in [1.54, 1.807) is 0 Å². The Morgan fingerprint density at radius 2 is 1.63 bits per heavy atom. The van der Waals surface area contributed by atoms with Gasteiger partial charge in [-0.05, 0) is 41.8 Å². The second kappa shape index (κ2) is 7.56. The van der Waals surface area contributed by atoms with E-state index in [4.69, 9.17) is 5.73 Å². The largest absolute Gasteiger partial charge is 0.330 e. The van der Waals surface area contributed by atoms with Crippen LogP contribution in [0.15, 0.2) is 77.8 Å². The molecule has 1 heterocycles. The maximum atomic E-state index is 12.0. The molecule has 0 fully saturated rings. The Bertz CT molecular complexity index is 992. The van der Waals surface area contributed by atoms with E-state index in [-0.39, 0.29) is 12.5 Å². The molecule has 4 nitrogen and oxygen atoms in total. The molecule has 0 radical (unpaired) electrons. The fourth-order valence-electron chi connectivity index (χ4n) is 3.33. The van der Waals surface area contributed by atoms with Crippen molar-refractivity contribution in [2.45, 2.75) is 6.42 Å². The smallest absolute Gasteiger partial charge is 0.246 e. The first kappa shape index (κ1) is 17.2. The van der Waals surface area contributed by atoms with Crippen molar-refractivity contribution in [2.24, 2.45) is 10.7 Å². The van der Waals surface area contributed by atoms with Crippen molar-refractivity contribution in [3.05, 3.63) is 89.5 Å². The van der Waals surface area contributed by atoms with Gasteiger partial charge in [0.25, 0.3) is 0 Å². The van der Waals surface area contributed by atoms with Crippen molar-refractivity contribution in [2.75, 3.05) is 18.4 Å². The number of hydrogen-bond donors (Lipinski definition) is 2. The predicted molar refractivity (Wildman–Crippen MR) is 110 cm³/mol. The van der Waals surface area contributed by atoms with E-state index in [2.05, 4.69) is 40.6 Å². The van der Waals surface area contributed by atoms with Crippen molar-refractivity contribution < 1.29 is 4.79 Å². The molecule has 3 aromatic rings. The quantitative estimate of drug-likeness (QED) is 0.750. The number of carbonyl (C=O) groups is 1. The van der Waals surface area contributed by atoms with Gasteiger partial charge in [-0.25, -0.2) is 0 Å². The summed E-state index contributed by atoms with van der Waals surface area (Å²) >= 11 is 0. The maximum Gasteiger partial charge on any atom is 0.246 e. The second-order valence-electron chi connectivity index (χ2n) is 6.57. The molecular weight excluding hydrogens is 334 g/mol. The van der Waals surface area contributed by atoms with Crippen LogP contribution in [0, 0.1) is 0 Å². The molecule has 1 amide bonds. The van der Waals surface area contributed by atoms with Gasteiger partial charge in [-0.1, -0.05) is 60.7 Å². The van der Waals surface area contributed by atoms with E-state index in [1.165, 1.54) is 5.56 Å². The Balaban J connectivity index is 1.78. The molecule has 0 unspecified atom stereocenters. The Morgan fingerprint density at radius 1 is 0.889 bits per heavy atom. The van der Waals surface area contributed by atoms with E-state index in [9.17, 15) is 4.79 Å². The zero-order chi connectivity index (χ0) is 18.6. The van der Waals surface area contributed by atoms with Crippen LogP contribution in [-0.4, -0.2) is 24.7 Å². The monoisotopic (exact) mass is 355 g/mol. The number of fused-ring (bicyclic) bond motifs is 1. The molecule has 0 spiro atoms. The van der Waals surface area contributed by atoms with Gasteiger partial charge in [-0.2, -0.15) is 0 Å². The molecule has 0 atom stereocenters. The molecule has 0 saturated carbocycles. The first-order chi connectivity index (χ1) is 13.2. The molecule has 0 saturated heterocycles. The van der Waals surface area contributed by atoms with Crippen LogP contribution in [0.4, 0.5) is 5.69 Å². The molecule has 0 aliphatic carbocycles. The van der Waals surface area contributed by atoms with Gasteiger partial charge in [-0.3, -0.25) is 9.79 Å². The van der Waals surface area contributed by atoms with Gasteiger partial charge in [0.05, 0.1) is 11.4 Å². The lowest BCUT2D eigenvalue weighted by atomic mass is 9.95. The SMILES string of the molecule is NCCc1ccc(-c2ccc3c(c2)C(c2ccccc2)=NCC(=O)N3)cc1. The van der Waals surface area contributed by atoms with Gasteiger partial charge in [-0.15, -0.1) is 0 Å². The van der Waals surface area contributed by atoms with Crippen molar-refractivity contribution in [3.8, 4) is 11.1 Å². The van der Waals surface area contributed by atoms with Crippen molar-refractivity contribution in [1.29, 1.82) is 0 Å². The zero-order valence-electron chi connectivity index (χ0n) is 15.0. The summed E-state index contributed by atoms with van der Waals surface area (Å²) in [5.74, 6) is -0.0962. The average molecular weight is 355 g/mol. The van der Waals surface area contributed by atoms with E-state index >= 15 is 0 Å². The summed E-state index contributed by atoms with van der Waals surface area (Å²) in [4.78, 5) is 16.6. The first-order valence-corrected chi connectivity index (χ1v) is 9.08. The van der Waals surface area contributed by atoms with Gasteiger partial charge >= 0.3 is 0 Å². The van der Waals surface area contributed by atoms with E-state index in [1.807, 2.05) is 42.5 Å². The number of nitrogens with two attached hydrogens (primary N) is 1. The minimum absolute atomic E-state index is 0.0962. The topological polar surface area (TPSA) is 67.5 Å². The van der Waals surface area contributed by atoms with Gasteiger partial charge in [0.15, 0.2) is 0 Å². The average Bonchev–Trinajstić information content (AvgIpc) is 2.87. The first-order valence-electron chi connectivity index (χ1n) is 9.08. The van der Waals surface area contributed by atoms with Gasteiger partial charge in [0.1, 0.15) is 6.54 Å². The molecule has 27 heavy (non-hydrogen) atoms. The normalized spacial score (nSPS) is 13.4. The number of anilines is 1. The highest BCUT2D eigenvalue weighted by atomic mass is 16.1. The van der Waals surface area contributed by atoms with Gasteiger partial charge in [0.2, 0.25) is 5.91 Å². The Labute approximate surface area is 158 Å². The summed E-state index contributed by atoms with van der Waals surface area (Å²) in [7, 11) is 0. The molecule has 3 N–H and O–H groups in total. The summed E-state index contributed by atoms with van der Waals surface area (Å²) in [5, 5.41) is 2.96. The number of benzodiazepines with no additional fused rings is 1. The highest BCUT2D eigenvalue weighted by Crippen LogP contribution is 2.29. The number of benzene rings is 3. The number of nitrogens with one attached hydrogen (secondary N) is 1. The van der Waals surface area contributed by atoms with E-state index in [0.29, 0.717) is 6.54 Å². The predicted octanol–water partition coefficient (Wildman–Crippen LogP) is 3.64. The molecule has 0 bridgehead atoms. The highest BCUT2D eigenvalue weighted by molar-refractivity contribution is 6.19. The molecule has 0 aromatic heterocycles. The van der Waals surface area contributed by atoms with Crippen LogP contribution in [0.2, 0.25) is 0 Å². The summed E-state index contributed by atoms with van der Waals surface area (Å²) in [6, 6.07) is 24.5. The molecule has 134 valence electrons. The van der Waals surface area contributed by atoms with Gasteiger partial charge < -0.3 is 11.1 Å². The lowest BCUT2D eigenvalue weighted by Crippen LogP contribution is -2.13. The van der Waals surface area contributed by atoms with Crippen LogP contribution in [0.1, 0.15) is 16.7 Å². The maximum absolute atomic E-state index is 12.0. The zero-order valence-corrected chi connectivity index (χ0v) is 15.0. The van der Waals surface area contributed by atoms with E-state index < -0.39 is 0 Å². The van der Waals surface area contributed by atoms with Crippen LogP contribution in [-0.2, 0) is 11.2 Å². The third kappa shape index (κ3) is 3.66. The number of rotatable bonds is 4. The number of aliphatic imine (C=N–C) groups is 1. The Kier molecular flexibility index (Phi) is 4.81. The lowest BCUT2D eigenvalue weighted by Gasteiger charge is -2.13. The Morgan fingerprint density at radius 3 is 2.37 bits per heavy atom. The Hall–Kier alpha value is -3.24. The van der Waals surface area contributed by atoms with Gasteiger partial charge in [0, 0.05) is 11.1 Å². The fraction of sp³-hybridized carbons (Fsp3) is 0.130. The van der Waals surface area contributed by atoms with Crippen LogP contribution in [0.3, 0.4) is 0 Å². The molecule has 3 aromatic carbocycles. The summed E-state index contributed by atoms with van der Waals surface area (Å²) in [6.07, 6.45) is 0.876. The van der Waals surface area contributed by atoms with E-state index in [0.717, 1.165) is 40.1 Å². The number of carbonyl (C=O) groups excluding carboxylic acids is 1. The second-order valence-corrected chi connectivity index (χ2v) is 6.57. The van der Waals surface area contributed by atoms with Crippen LogP contribution >= 0.6 is 0 Å². The molecular formula is C23H21N3O.